The van der Waals surface area contributed by atoms with Crippen LogP contribution in [0.4, 0.5) is 0 Å². The van der Waals surface area contributed by atoms with Gasteiger partial charge in [0.05, 0.1) is 0 Å². The molecule has 2 aromatic rings. The van der Waals surface area contributed by atoms with Gasteiger partial charge in [0.15, 0.2) is 23.0 Å². The number of carbonyl (C=O) groups excluding carboxylic acids is 1. The zero-order chi connectivity index (χ0) is 14.3. The third-order valence-corrected chi connectivity index (χ3v) is 3.37. The van der Waals surface area contributed by atoms with Crippen molar-refractivity contribution in [1.29, 1.82) is 0 Å². The van der Waals surface area contributed by atoms with Crippen LogP contribution in [0.15, 0.2) is 42.0 Å². The van der Waals surface area contributed by atoms with E-state index in [4.69, 9.17) is 0 Å². The van der Waals surface area contributed by atoms with E-state index in [2.05, 4.69) is 0 Å². The SMILES string of the molecule is O=C1/C(=C\c2cc(O)c(O)c(O)c2)Cc2ccccc21. The van der Waals surface area contributed by atoms with Gasteiger partial charge in [-0.2, -0.15) is 0 Å². The van der Waals surface area contributed by atoms with Crippen LogP contribution in [0.5, 0.6) is 17.2 Å². The van der Waals surface area contributed by atoms with Crippen LogP contribution in [0.3, 0.4) is 0 Å². The lowest BCUT2D eigenvalue weighted by atomic mass is 10.1. The van der Waals surface area contributed by atoms with Gasteiger partial charge in [-0.25, -0.2) is 0 Å². The maximum Gasteiger partial charge on any atom is 0.200 e. The molecule has 0 heterocycles. The van der Waals surface area contributed by atoms with Crippen LogP contribution in [-0.2, 0) is 6.42 Å². The highest BCUT2D eigenvalue weighted by Gasteiger charge is 2.24. The fourth-order valence-electron chi connectivity index (χ4n) is 2.38. The Hall–Kier alpha value is -2.75. The Bertz CT molecular complexity index is 721. The summed E-state index contributed by atoms with van der Waals surface area (Å²) in [6, 6.07) is 9.99. The predicted octanol–water partition coefficient (Wildman–Crippen LogP) is 2.63. The molecule has 0 aromatic heterocycles. The molecule has 3 rings (SSSR count). The molecular formula is C16H12O4. The minimum atomic E-state index is -0.562. The third-order valence-electron chi connectivity index (χ3n) is 3.37. The summed E-state index contributed by atoms with van der Waals surface area (Å²) in [6.07, 6.45) is 2.14. The number of allylic oxidation sites excluding steroid dienone is 1. The first-order valence-electron chi connectivity index (χ1n) is 6.14. The second-order valence-electron chi connectivity index (χ2n) is 4.74. The van der Waals surface area contributed by atoms with Gasteiger partial charge in [0, 0.05) is 17.6 Å². The number of fused-ring (bicyclic) bond motifs is 1. The quantitative estimate of drug-likeness (QED) is 0.549. The van der Waals surface area contributed by atoms with Crippen molar-refractivity contribution in [2.75, 3.05) is 0 Å². The molecule has 0 spiro atoms. The molecule has 3 N–H and O–H groups in total. The van der Waals surface area contributed by atoms with Crippen molar-refractivity contribution in [2.45, 2.75) is 6.42 Å². The Morgan fingerprint density at radius 1 is 1.00 bits per heavy atom. The van der Waals surface area contributed by atoms with Crippen molar-refractivity contribution in [2.24, 2.45) is 0 Å². The number of carbonyl (C=O) groups is 1. The monoisotopic (exact) mass is 268 g/mol. The van der Waals surface area contributed by atoms with Crippen molar-refractivity contribution >= 4 is 11.9 Å². The van der Waals surface area contributed by atoms with E-state index in [-0.39, 0.29) is 5.78 Å². The standard InChI is InChI=1S/C16H12O4/c17-13-6-9(7-14(18)16(13)20)5-11-8-10-3-1-2-4-12(10)15(11)19/h1-7,17-18,20H,8H2/b11-5-. The summed E-state index contributed by atoms with van der Waals surface area (Å²) < 4.78 is 0. The van der Waals surface area contributed by atoms with Crippen LogP contribution < -0.4 is 0 Å². The van der Waals surface area contributed by atoms with E-state index >= 15 is 0 Å². The Labute approximate surface area is 115 Å². The fourth-order valence-corrected chi connectivity index (χ4v) is 2.38. The highest BCUT2D eigenvalue weighted by atomic mass is 16.3. The Morgan fingerprint density at radius 2 is 1.65 bits per heavy atom. The molecular weight excluding hydrogens is 256 g/mol. The number of phenolic OH excluding ortho intramolecular Hbond substituents is 3. The smallest absolute Gasteiger partial charge is 0.200 e. The maximum atomic E-state index is 12.2. The minimum absolute atomic E-state index is 0.0485. The Morgan fingerprint density at radius 3 is 2.30 bits per heavy atom. The number of phenols is 3. The lowest BCUT2D eigenvalue weighted by Crippen LogP contribution is -1.94. The van der Waals surface area contributed by atoms with Gasteiger partial charge in [0.25, 0.3) is 0 Å². The molecule has 100 valence electrons. The third kappa shape index (κ3) is 1.91. The molecule has 0 atom stereocenters. The molecule has 0 aliphatic heterocycles. The molecule has 4 heteroatoms. The average molecular weight is 268 g/mol. The van der Waals surface area contributed by atoms with E-state index in [1.165, 1.54) is 12.1 Å². The number of benzene rings is 2. The second-order valence-corrected chi connectivity index (χ2v) is 4.74. The summed E-state index contributed by atoms with van der Waals surface area (Å²) in [5.74, 6) is -1.44. The molecule has 0 unspecified atom stereocenters. The zero-order valence-corrected chi connectivity index (χ0v) is 10.5. The van der Waals surface area contributed by atoms with Gasteiger partial charge in [-0.3, -0.25) is 4.79 Å². The van der Waals surface area contributed by atoms with Crippen molar-refractivity contribution in [1.82, 2.24) is 0 Å². The Kier molecular flexibility index (Phi) is 2.71. The van der Waals surface area contributed by atoms with Crippen molar-refractivity contribution in [3.63, 3.8) is 0 Å². The average Bonchev–Trinajstić information content (AvgIpc) is 2.73. The van der Waals surface area contributed by atoms with Crippen LogP contribution >= 0.6 is 0 Å². The lowest BCUT2D eigenvalue weighted by molar-refractivity contribution is 0.104. The van der Waals surface area contributed by atoms with Crippen LogP contribution in [0.1, 0.15) is 21.5 Å². The molecule has 0 radical (unpaired) electrons. The molecule has 0 saturated heterocycles. The van der Waals surface area contributed by atoms with Gasteiger partial charge in [-0.15, -0.1) is 0 Å². The molecule has 0 bridgehead atoms. The van der Waals surface area contributed by atoms with E-state index < -0.39 is 17.2 Å². The summed E-state index contributed by atoms with van der Waals surface area (Å²) >= 11 is 0. The van der Waals surface area contributed by atoms with Gasteiger partial charge in [-0.05, 0) is 29.3 Å². The van der Waals surface area contributed by atoms with Crippen LogP contribution in [0.2, 0.25) is 0 Å². The zero-order valence-electron chi connectivity index (χ0n) is 10.5. The van der Waals surface area contributed by atoms with E-state index in [9.17, 15) is 20.1 Å². The molecule has 1 aliphatic carbocycles. The summed E-state index contributed by atoms with van der Waals surface area (Å²) in [4.78, 5) is 12.2. The van der Waals surface area contributed by atoms with Gasteiger partial charge in [0.2, 0.25) is 0 Å². The van der Waals surface area contributed by atoms with Crippen LogP contribution in [-0.4, -0.2) is 21.1 Å². The molecule has 1 aliphatic rings. The molecule has 0 amide bonds. The molecule has 2 aromatic carbocycles. The topological polar surface area (TPSA) is 77.8 Å². The van der Waals surface area contributed by atoms with Gasteiger partial charge in [-0.1, -0.05) is 24.3 Å². The summed E-state index contributed by atoms with van der Waals surface area (Å²) in [5.41, 5.74) is 2.71. The first-order valence-corrected chi connectivity index (χ1v) is 6.14. The van der Waals surface area contributed by atoms with E-state index in [1.54, 1.807) is 12.1 Å². The van der Waals surface area contributed by atoms with E-state index in [1.807, 2.05) is 18.2 Å². The maximum absolute atomic E-state index is 12.2. The lowest BCUT2D eigenvalue weighted by Gasteiger charge is -2.03. The molecule has 20 heavy (non-hydrogen) atoms. The van der Waals surface area contributed by atoms with Crippen molar-refractivity contribution in [3.8, 4) is 17.2 Å². The first-order chi connectivity index (χ1) is 9.56. The van der Waals surface area contributed by atoms with Crippen molar-refractivity contribution < 1.29 is 20.1 Å². The van der Waals surface area contributed by atoms with Crippen molar-refractivity contribution in [3.05, 3.63) is 58.7 Å². The number of ketones is 1. The van der Waals surface area contributed by atoms with Crippen LogP contribution in [0, 0.1) is 0 Å². The summed E-state index contributed by atoms with van der Waals surface area (Å²) in [6.45, 7) is 0. The fraction of sp³-hybridized carbons (Fsp3) is 0.0625. The van der Waals surface area contributed by atoms with Crippen LogP contribution in [0.25, 0.3) is 6.08 Å². The normalized spacial score (nSPS) is 15.6. The predicted molar refractivity (Wildman–Crippen MR) is 73.9 cm³/mol. The first kappa shape index (κ1) is 12.3. The molecule has 0 fully saturated rings. The number of hydrogen-bond donors (Lipinski definition) is 3. The highest BCUT2D eigenvalue weighted by molar-refractivity contribution is 6.15. The minimum Gasteiger partial charge on any atom is -0.504 e. The van der Waals surface area contributed by atoms with Gasteiger partial charge < -0.3 is 15.3 Å². The molecule has 0 saturated carbocycles. The van der Waals surface area contributed by atoms with Gasteiger partial charge >= 0.3 is 0 Å². The number of Topliss-reactive ketones (excluding diaryl/α,β-unsaturated/α-hetero) is 1. The highest BCUT2D eigenvalue weighted by Crippen LogP contribution is 2.37. The summed E-state index contributed by atoms with van der Waals surface area (Å²) in [5, 5.41) is 28.2. The van der Waals surface area contributed by atoms with E-state index in [0.29, 0.717) is 23.1 Å². The molecule has 4 nitrogen and oxygen atoms in total. The van der Waals surface area contributed by atoms with Gasteiger partial charge in [0.1, 0.15) is 0 Å². The van der Waals surface area contributed by atoms with E-state index in [0.717, 1.165) is 5.56 Å². The number of hydrogen-bond acceptors (Lipinski definition) is 4. The largest absolute Gasteiger partial charge is 0.504 e. The summed E-state index contributed by atoms with van der Waals surface area (Å²) in [7, 11) is 0. The Balaban J connectivity index is 2.02. The number of aromatic hydroxyl groups is 3. The number of rotatable bonds is 1. The second kappa shape index (κ2) is 4.42.